The lowest BCUT2D eigenvalue weighted by Gasteiger charge is -2.33. The van der Waals surface area contributed by atoms with Crippen LogP contribution in [-0.2, 0) is 4.79 Å². The summed E-state index contributed by atoms with van der Waals surface area (Å²) in [6.45, 7) is 6.60. The fraction of sp³-hybridized carbons (Fsp3) is 0.769. The van der Waals surface area contributed by atoms with Crippen LogP contribution in [0.2, 0.25) is 0 Å². The van der Waals surface area contributed by atoms with E-state index in [1.54, 1.807) is 6.08 Å². The molecule has 1 fully saturated rings. The zero-order valence-corrected chi connectivity index (χ0v) is 10.3. The second-order valence-electron chi connectivity index (χ2n) is 5.22. The van der Waals surface area contributed by atoms with Gasteiger partial charge < -0.3 is 11.1 Å². The first-order valence-corrected chi connectivity index (χ1v) is 6.22. The van der Waals surface area contributed by atoms with Crippen molar-refractivity contribution in [3.63, 3.8) is 0 Å². The maximum Gasteiger partial charge on any atom is 0.237 e. The zero-order chi connectivity index (χ0) is 12.0. The van der Waals surface area contributed by atoms with Gasteiger partial charge in [-0.25, -0.2) is 0 Å². The highest BCUT2D eigenvalue weighted by Gasteiger charge is 2.27. The van der Waals surface area contributed by atoms with E-state index in [2.05, 4.69) is 18.8 Å². The molecule has 0 saturated heterocycles. The van der Waals surface area contributed by atoms with E-state index >= 15 is 0 Å². The first kappa shape index (κ1) is 13.2. The van der Waals surface area contributed by atoms with Gasteiger partial charge in [0.1, 0.15) is 0 Å². The highest BCUT2D eigenvalue weighted by atomic mass is 16.2. The molecule has 0 aromatic heterocycles. The van der Waals surface area contributed by atoms with E-state index in [4.69, 9.17) is 5.73 Å². The largest absolute Gasteiger partial charge is 0.354 e. The second kappa shape index (κ2) is 6.04. The molecule has 1 aliphatic rings. The maximum atomic E-state index is 11.6. The SMILES string of the molecule is C=CCC(N)C(=O)NCC1(C)CCCCC1. The minimum absolute atomic E-state index is 0.0494. The van der Waals surface area contributed by atoms with Crippen LogP contribution >= 0.6 is 0 Å². The van der Waals surface area contributed by atoms with Crippen LogP contribution in [0.5, 0.6) is 0 Å². The van der Waals surface area contributed by atoms with Crippen molar-refractivity contribution in [2.45, 2.75) is 51.5 Å². The van der Waals surface area contributed by atoms with Gasteiger partial charge in [-0.05, 0) is 24.7 Å². The molecule has 1 amide bonds. The Morgan fingerprint density at radius 3 is 2.69 bits per heavy atom. The van der Waals surface area contributed by atoms with E-state index in [0.717, 1.165) is 6.54 Å². The first-order chi connectivity index (χ1) is 7.57. The summed E-state index contributed by atoms with van der Waals surface area (Å²) in [5.74, 6) is -0.0494. The molecular formula is C13H24N2O. The van der Waals surface area contributed by atoms with Crippen LogP contribution in [0.3, 0.4) is 0 Å². The molecule has 0 aliphatic heterocycles. The number of nitrogens with one attached hydrogen (secondary N) is 1. The van der Waals surface area contributed by atoms with Gasteiger partial charge in [0.15, 0.2) is 0 Å². The number of rotatable bonds is 5. The molecule has 3 nitrogen and oxygen atoms in total. The summed E-state index contributed by atoms with van der Waals surface area (Å²) in [7, 11) is 0. The lowest BCUT2D eigenvalue weighted by molar-refractivity contribution is -0.122. The van der Waals surface area contributed by atoms with Crippen LogP contribution in [0.25, 0.3) is 0 Å². The molecular weight excluding hydrogens is 200 g/mol. The number of amides is 1. The average molecular weight is 224 g/mol. The topological polar surface area (TPSA) is 55.1 Å². The molecule has 1 atom stereocenters. The summed E-state index contributed by atoms with van der Waals surface area (Å²) in [4.78, 5) is 11.6. The number of hydrogen-bond acceptors (Lipinski definition) is 2. The third-order valence-electron chi connectivity index (χ3n) is 3.51. The van der Waals surface area contributed by atoms with Gasteiger partial charge in [-0.2, -0.15) is 0 Å². The first-order valence-electron chi connectivity index (χ1n) is 6.22. The smallest absolute Gasteiger partial charge is 0.237 e. The Hall–Kier alpha value is -0.830. The molecule has 0 bridgehead atoms. The lowest BCUT2D eigenvalue weighted by atomic mass is 9.76. The zero-order valence-electron chi connectivity index (χ0n) is 10.3. The van der Waals surface area contributed by atoms with Gasteiger partial charge in [-0.3, -0.25) is 4.79 Å². The molecule has 0 radical (unpaired) electrons. The Labute approximate surface area is 98.5 Å². The van der Waals surface area contributed by atoms with Crippen LogP contribution in [0.1, 0.15) is 45.4 Å². The van der Waals surface area contributed by atoms with Crippen molar-refractivity contribution in [2.75, 3.05) is 6.54 Å². The monoisotopic (exact) mass is 224 g/mol. The second-order valence-corrected chi connectivity index (χ2v) is 5.22. The summed E-state index contributed by atoms with van der Waals surface area (Å²) < 4.78 is 0. The van der Waals surface area contributed by atoms with Crippen molar-refractivity contribution in [3.8, 4) is 0 Å². The molecule has 1 rings (SSSR count). The lowest BCUT2D eigenvalue weighted by Crippen LogP contribution is -2.44. The number of nitrogens with two attached hydrogens (primary N) is 1. The summed E-state index contributed by atoms with van der Waals surface area (Å²) in [6.07, 6.45) is 8.55. The molecule has 0 aromatic rings. The predicted octanol–water partition coefficient (Wildman–Crippen LogP) is 1.98. The van der Waals surface area contributed by atoms with Gasteiger partial charge in [-0.1, -0.05) is 32.3 Å². The normalized spacial score (nSPS) is 21.1. The quantitative estimate of drug-likeness (QED) is 0.702. The van der Waals surface area contributed by atoms with Gasteiger partial charge >= 0.3 is 0 Å². The molecule has 16 heavy (non-hydrogen) atoms. The van der Waals surface area contributed by atoms with Crippen molar-refractivity contribution >= 4 is 5.91 Å². The van der Waals surface area contributed by atoms with Gasteiger partial charge in [0.25, 0.3) is 0 Å². The highest BCUT2D eigenvalue weighted by Crippen LogP contribution is 2.34. The van der Waals surface area contributed by atoms with E-state index in [1.165, 1.54) is 32.1 Å². The molecule has 1 unspecified atom stereocenters. The van der Waals surface area contributed by atoms with Gasteiger partial charge in [0, 0.05) is 6.54 Å². The van der Waals surface area contributed by atoms with Crippen LogP contribution in [-0.4, -0.2) is 18.5 Å². The van der Waals surface area contributed by atoms with Crippen LogP contribution < -0.4 is 11.1 Å². The van der Waals surface area contributed by atoms with Crippen molar-refractivity contribution in [1.29, 1.82) is 0 Å². The van der Waals surface area contributed by atoms with Crippen molar-refractivity contribution in [1.82, 2.24) is 5.32 Å². The average Bonchev–Trinajstić information content (AvgIpc) is 2.27. The Kier molecular flexibility index (Phi) is 5.00. The highest BCUT2D eigenvalue weighted by molar-refractivity contribution is 5.81. The van der Waals surface area contributed by atoms with E-state index in [1.807, 2.05) is 0 Å². The summed E-state index contributed by atoms with van der Waals surface area (Å²) in [5, 5.41) is 2.97. The number of hydrogen-bond donors (Lipinski definition) is 2. The fourth-order valence-corrected chi connectivity index (χ4v) is 2.30. The Bertz CT molecular complexity index is 244. The Morgan fingerprint density at radius 1 is 1.50 bits per heavy atom. The van der Waals surface area contributed by atoms with Gasteiger partial charge in [0.2, 0.25) is 5.91 Å². The molecule has 3 N–H and O–H groups in total. The minimum Gasteiger partial charge on any atom is -0.354 e. The molecule has 92 valence electrons. The van der Waals surface area contributed by atoms with E-state index < -0.39 is 6.04 Å². The molecule has 1 saturated carbocycles. The third kappa shape index (κ3) is 3.97. The van der Waals surface area contributed by atoms with Gasteiger partial charge in [-0.15, -0.1) is 6.58 Å². The molecule has 0 aromatic carbocycles. The van der Waals surface area contributed by atoms with Crippen molar-refractivity contribution < 1.29 is 4.79 Å². The molecule has 0 spiro atoms. The number of carbonyl (C=O) groups excluding carboxylic acids is 1. The molecule has 3 heteroatoms. The standard InChI is InChI=1S/C13H24N2O/c1-3-7-11(14)12(16)15-10-13(2)8-5-4-6-9-13/h3,11H,1,4-10,14H2,2H3,(H,15,16). The van der Waals surface area contributed by atoms with Gasteiger partial charge in [0.05, 0.1) is 6.04 Å². The van der Waals surface area contributed by atoms with E-state index in [0.29, 0.717) is 6.42 Å². The third-order valence-corrected chi connectivity index (χ3v) is 3.51. The van der Waals surface area contributed by atoms with Crippen molar-refractivity contribution in [2.24, 2.45) is 11.1 Å². The Morgan fingerprint density at radius 2 is 2.12 bits per heavy atom. The van der Waals surface area contributed by atoms with Crippen LogP contribution in [0.4, 0.5) is 0 Å². The molecule has 1 aliphatic carbocycles. The fourth-order valence-electron chi connectivity index (χ4n) is 2.30. The number of carbonyl (C=O) groups is 1. The van der Waals surface area contributed by atoms with Crippen LogP contribution in [0, 0.1) is 5.41 Å². The maximum absolute atomic E-state index is 11.6. The summed E-state index contributed by atoms with van der Waals surface area (Å²) in [5.41, 5.74) is 5.98. The summed E-state index contributed by atoms with van der Waals surface area (Å²) in [6, 6.07) is -0.440. The Balaban J connectivity index is 2.32. The van der Waals surface area contributed by atoms with Crippen LogP contribution in [0.15, 0.2) is 12.7 Å². The minimum atomic E-state index is -0.440. The van der Waals surface area contributed by atoms with E-state index in [-0.39, 0.29) is 11.3 Å². The van der Waals surface area contributed by atoms with Crippen molar-refractivity contribution in [3.05, 3.63) is 12.7 Å². The van der Waals surface area contributed by atoms with E-state index in [9.17, 15) is 4.79 Å². The summed E-state index contributed by atoms with van der Waals surface area (Å²) >= 11 is 0. The predicted molar refractivity (Wildman–Crippen MR) is 67.0 cm³/mol. The molecule has 0 heterocycles.